The first kappa shape index (κ1) is 17.5. The summed E-state index contributed by atoms with van der Waals surface area (Å²) < 4.78 is 0.374. The van der Waals surface area contributed by atoms with Crippen LogP contribution in [0.25, 0.3) is 6.08 Å². The van der Waals surface area contributed by atoms with Gasteiger partial charge in [0.2, 0.25) is 5.91 Å². The molecule has 2 fully saturated rings. The molecule has 126 valence electrons. The Labute approximate surface area is 153 Å². The number of thioether (sulfide) groups is 2. The first-order chi connectivity index (χ1) is 11.5. The van der Waals surface area contributed by atoms with Gasteiger partial charge in [0.25, 0.3) is 5.91 Å². The standard InChI is InChI=1S/C16H16N2O3S3/c19-12-9-23-8-11(12)17-14(20)7-18-15(21)13(24-16(18)22)6-10-4-2-1-3-5-10/h1-6,11-12,19H,7-9H2,(H,17,20)/b13-6-/t11-,12+/m0/s1. The molecule has 5 nitrogen and oxygen atoms in total. The van der Waals surface area contributed by atoms with Crippen LogP contribution in [0.3, 0.4) is 0 Å². The van der Waals surface area contributed by atoms with E-state index in [0.29, 0.717) is 20.7 Å². The minimum absolute atomic E-state index is 0.120. The van der Waals surface area contributed by atoms with E-state index in [1.807, 2.05) is 30.3 Å². The molecule has 2 aliphatic heterocycles. The van der Waals surface area contributed by atoms with Gasteiger partial charge in [0, 0.05) is 11.5 Å². The molecule has 0 saturated carbocycles. The van der Waals surface area contributed by atoms with E-state index >= 15 is 0 Å². The van der Waals surface area contributed by atoms with Crippen LogP contribution in [0.1, 0.15) is 5.56 Å². The van der Waals surface area contributed by atoms with Gasteiger partial charge in [-0.3, -0.25) is 14.5 Å². The van der Waals surface area contributed by atoms with Gasteiger partial charge < -0.3 is 10.4 Å². The smallest absolute Gasteiger partial charge is 0.266 e. The Kier molecular flexibility index (Phi) is 5.60. The molecule has 24 heavy (non-hydrogen) atoms. The SMILES string of the molecule is O=C(CN1C(=O)/C(=C/c2ccccc2)SC1=S)N[C@H]1CSC[C@H]1O. The van der Waals surface area contributed by atoms with Gasteiger partial charge in [0.15, 0.2) is 0 Å². The lowest BCUT2D eigenvalue weighted by Crippen LogP contribution is -2.47. The van der Waals surface area contributed by atoms with Crippen molar-refractivity contribution in [3.63, 3.8) is 0 Å². The maximum atomic E-state index is 12.5. The maximum absolute atomic E-state index is 12.5. The van der Waals surface area contributed by atoms with Crippen molar-refractivity contribution in [3.8, 4) is 0 Å². The van der Waals surface area contributed by atoms with Gasteiger partial charge in [0.1, 0.15) is 10.9 Å². The minimum atomic E-state index is -0.539. The molecule has 0 radical (unpaired) electrons. The zero-order chi connectivity index (χ0) is 17.1. The number of amides is 2. The highest BCUT2D eigenvalue weighted by molar-refractivity contribution is 8.26. The minimum Gasteiger partial charge on any atom is -0.390 e. The second-order valence-corrected chi connectivity index (χ2v) is 8.21. The number of hydrogen-bond acceptors (Lipinski definition) is 6. The number of benzene rings is 1. The molecule has 0 spiro atoms. The third-order valence-electron chi connectivity index (χ3n) is 3.67. The monoisotopic (exact) mass is 380 g/mol. The lowest BCUT2D eigenvalue weighted by molar-refractivity contribution is -0.129. The molecule has 0 unspecified atom stereocenters. The van der Waals surface area contributed by atoms with Crippen LogP contribution in [0.5, 0.6) is 0 Å². The zero-order valence-electron chi connectivity index (χ0n) is 12.7. The van der Waals surface area contributed by atoms with Crippen molar-refractivity contribution < 1.29 is 14.7 Å². The van der Waals surface area contributed by atoms with Crippen molar-refractivity contribution in [3.05, 3.63) is 40.8 Å². The second-order valence-electron chi connectivity index (χ2n) is 5.46. The number of hydrogen-bond donors (Lipinski definition) is 2. The van der Waals surface area contributed by atoms with Gasteiger partial charge in [-0.05, 0) is 11.6 Å². The molecule has 2 aliphatic rings. The maximum Gasteiger partial charge on any atom is 0.266 e. The van der Waals surface area contributed by atoms with E-state index in [9.17, 15) is 14.7 Å². The fourth-order valence-electron chi connectivity index (χ4n) is 2.41. The van der Waals surface area contributed by atoms with Crippen LogP contribution in [-0.4, -0.2) is 56.3 Å². The first-order valence-corrected chi connectivity index (χ1v) is 9.78. The average molecular weight is 381 g/mol. The van der Waals surface area contributed by atoms with E-state index in [1.54, 1.807) is 17.8 Å². The second kappa shape index (κ2) is 7.69. The first-order valence-electron chi connectivity index (χ1n) is 7.40. The van der Waals surface area contributed by atoms with E-state index in [-0.39, 0.29) is 24.4 Å². The summed E-state index contributed by atoms with van der Waals surface area (Å²) in [7, 11) is 0. The van der Waals surface area contributed by atoms with Crippen LogP contribution >= 0.6 is 35.7 Å². The van der Waals surface area contributed by atoms with Gasteiger partial charge in [-0.1, -0.05) is 54.3 Å². The molecule has 1 aromatic rings. The summed E-state index contributed by atoms with van der Waals surface area (Å²) in [5, 5.41) is 12.5. The topological polar surface area (TPSA) is 69.6 Å². The van der Waals surface area contributed by atoms with Crippen LogP contribution in [0.4, 0.5) is 0 Å². The van der Waals surface area contributed by atoms with Crippen molar-refractivity contribution in [2.24, 2.45) is 0 Å². The molecule has 0 bridgehead atoms. The number of aliphatic hydroxyl groups excluding tert-OH is 1. The third-order valence-corrected chi connectivity index (χ3v) is 6.22. The van der Waals surface area contributed by atoms with Crippen molar-refractivity contribution in [2.75, 3.05) is 18.1 Å². The molecule has 0 aliphatic carbocycles. The Morgan fingerprint density at radius 1 is 1.38 bits per heavy atom. The summed E-state index contributed by atoms with van der Waals surface area (Å²) in [6.45, 7) is -0.120. The highest BCUT2D eigenvalue weighted by Crippen LogP contribution is 2.32. The lowest BCUT2D eigenvalue weighted by Gasteiger charge is -2.18. The number of rotatable bonds is 4. The summed E-state index contributed by atoms with van der Waals surface area (Å²) in [4.78, 5) is 26.4. The van der Waals surface area contributed by atoms with Crippen molar-refractivity contribution in [1.29, 1.82) is 0 Å². The van der Waals surface area contributed by atoms with Crippen molar-refractivity contribution >= 4 is 58.0 Å². The van der Waals surface area contributed by atoms with E-state index < -0.39 is 6.10 Å². The molecule has 0 aromatic heterocycles. The third kappa shape index (κ3) is 4.00. The molecule has 8 heteroatoms. The molecule has 2 N–H and O–H groups in total. The zero-order valence-corrected chi connectivity index (χ0v) is 15.1. The number of nitrogens with zero attached hydrogens (tertiary/aromatic N) is 1. The Morgan fingerprint density at radius 3 is 2.79 bits per heavy atom. The van der Waals surface area contributed by atoms with Gasteiger partial charge >= 0.3 is 0 Å². The summed E-state index contributed by atoms with van der Waals surface area (Å²) in [5.41, 5.74) is 0.911. The summed E-state index contributed by atoms with van der Waals surface area (Å²) in [5.74, 6) is 0.731. The van der Waals surface area contributed by atoms with Gasteiger partial charge in [-0.25, -0.2) is 0 Å². The molecule has 2 amide bonds. The molecule has 1 aromatic carbocycles. The molecular formula is C16H16N2O3S3. The Hall–Kier alpha value is -1.35. The van der Waals surface area contributed by atoms with Gasteiger partial charge in [-0.15, -0.1) is 0 Å². The Balaban J connectivity index is 1.64. The van der Waals surface area contributed by atoms with E-state index in [4.69, 9.17) is 12.2 Å². The number of carbonyl (C=O) groups excluding carboxylic acids is 2. The normalized spacial score (nSPS) is 25.5. The lowest BCUT2D eigenvalue weighted by atomic mass is 10.2. The Morgan fingerprint density at radius 2 is 2.12 bits per heavy atom. The van der Waals surface area contributed by atoms with Crippen LogP contribution in [0.15, 0.2) is 35.2 Å². The summed E-state index contributed by atoms with van der Waals surface area (Å²) >= 11 is 8.02. The fraction of sp³-hybridized carbons (Fsp3) is 0.312. The molecular weight excluding hydrogens is 364 g/mol. The fourth-order valence-corrected chi connectivity index (χ4v) is 4.84. The molecule has 2 heterocycles. The number of nitrogens with one attached hydrogen (secondary N) is 1. The van der Waals surface area contributed by atoms with Crippen LogP contribution in [-0.2, 0) is 9.59 Å². The van der Waals surface area contributed by atoms with Gasteiger partial charge in [-0.2, -0.15) is 11.8 Å². The highest BCUT2D eigenvalue weighted by atomic mass is 32.2. The van der Waals surface area contributed by atoms with Gasteiger partial charge in [0.05, 0.1) is 17.1 Å². The molecule has 3 rings (SSSR count). The predicted molar refractivity (Wildman–Crippen MR) is 102 cm³/mol. The quantitative estimate of drug-likeness (QED) is 0.609. The number of carbonyl (C=O) groups is 2. The average Bonchev–Trinajstić information content (AvgIpc) is 3.07. The molecule has 2 atom stereocenters. The summed E-state index contributed by atoms with van der Waals surface area (Å²) in [6, 6.07) is 9.23. The number of thiocarbonyl (C=S) groups is 1. The van der Waals surface area contributed by atoms with Crippen LogP contribution in [0.2, 0.25) is 0 Å². The van der Waals surface area contributed by atoms with Crippen molar-refractivity contribution in [1.82, 2.24) is 10.2 Å². The van der Waals surface area contributed by atoms with Crippen LogP contribution < -0.4 is 5.32 Å². The Bertz CT molecular complexity index is 693. The van der Waals surface area contributed by atoms with Crippen molar-refractivity contribution in [2.45, 2.75) is 12.1 Å². The largest absolute Gasteiger partial charge is 0.390 e. The highest BCUT2D eigenvalue weighted by Gasteiger charge is 2.34. The molecule has 2 saturated heterocycles. The predicted octanol–water partition coefficient (Wildman–Crippen LogP) is 1.48. The summed E-state index contributed by atoms with van der Waals surface area (Å²) in [6.07, 6.45) is 1.23. The number of aliphatic hydroxyl groups is 1. The van der Waals surface area contributed by atoms with Crippen LogP contribution in [0, 0.1) is 0 Å². The van der Waals surface area contributed by atoms with E-state index in [2.05, 4.69) is 5.32 Å². The van der Waals surface area contributed by atoms with E-state index in [0.717, 1.165) is 5.56 Å². The van der Waals surface area contributed by atoms with E-state index in [1.165, 1.54) is 16.7 Å².